The monoisotopic (exact) mass is 1130 g/mol. The zero-order chi connectivity index (χ0) is 58.4. The van der Waals surface area contributed by atoms with Crippen molar-refractivity contribution in [2.45, 2.75) is 209 Å². The van der Waals surface area contributed by atoms with E-state index in [9.17, 15) is 54.0 Å². The highest BCUT2D eigenvalue weighted by atomic mass is 16.7. The van der Waals surface area contributed by atoms with Crippen LogP contribution in [0.5, 0.6) is 0 Å². The van der Waals surface area contributed by atoms with Gasteiger partial charge in [0.25, 0.3) is 5.56 Å². The quantitative estimate of drug-likeness (QED) is 0.0333. The van der Waals surface area contributed by atoms with E-state index in [0.717, 1.165) is 67.4 Å². The molecule has 0 aliphatic carbocycles. The predicted molar refractivity (Wildman–Crippen MR) is 274 cm³/mol. The van der Waals surface area contributed by atoms with E-state index < -0.39 is 170 Å². The summed E-state index contributed by atoms with van der Waals surface area (Å²) in [7, 11) is 8.10. The molecule has 4 aliphatic rings. The molecule has 1 aromatic rings. The average molecular weight is 1130 g/mol. The summed E-state index contributed by atoms with van der Waals surface area (Å²) in [6, 6.07) is -2.30. The highest BCUT2D eigenvalue weighted by Gasteiger charge is 2.57. The first kappa shape index (κ1) is 65.3. The summed E-state index contributed by atoms with van der Waals surface area (Å²) in [5, 5.41) is 44.7. The zero-order valence-electron chi connectivity index (χ0n) is 47.0. The van der Waals surface area contributed by atoms with Crippen molar-refractivity contribution in [1.82, 2.24) is 19.4 Å². The van der Waals surface area contributed by atoms with Gasteiger partial charge in [-0.1, -0.05) is 59.3 Å². The number of esters is 4. The number of aromatic nitrogens is 2. The number of likely N-dealkylation sites (N-methyl/N-ethyl adjacent to an activating group) is 2. The van der Waals surface area contributed by atoms with E-state index in [4.69, 9.17) is 57.8 Å². The third kappa shape index (κ3) is 16.8. The Hall–Kier alpha value is -4.49. The lowest BCUT2D eigenvalue weighted by Crippen LogP contribution is -2.59. The topological polar surface area (TPSA) is 355 Å². The van der Waals surface area contributed by atoms with Gasteiger partial charge in [0.05, 0.1) is 19.6 Å². The van der Waals surface area contributed by atoms with Crippen molar-refractivity contribution in [3.8, 4) is 0 Å². The van der Waals surface area contributed by atoms with Gasteiger partial charge in [-0.3, -0.25) is 38.4 Å². The van der Waals surface area contributed by atoms with Crippen molar-refractivity contribution in [3.05, 3.63) is 33.1 Å². The van der Waals surface area contributed by atoms with Crippen LogP contribution >= 0.6 is 0 Å². The number of hydrogen-bond acceptors (Lipinski definition) is 24. The Balaban J connectivity index is 1.35. The third-order valence-corrected chi connectivity index (χ3v) is 15.0. The fourth-order valence-corrected chi connectivity index (χ4v) is 10.7. The molecule has 0 bridgehead atoms. The van der Waals surface area contributed by atoms with E-state index >= 15 is 0 Å². The Morgan fingerprint density at radius 2 is 1.37 bits per heavy atom. The normalized spacial score (nSPS) is 32.6. The van der Waals surface area contributed by atoms with Crippen LogP contribution in [0.3, 0.4) is 0 Å². The molecule has 4 aliphatic heterocycles. The number of H-pyrrole nitrogens is 1. The molecule has 4 saturated heterocycles. The number of aliphatic hydroxyl groups excluding tert-OH is 4. The average Bonchev–Trinajstić information content (AvgIpc) is 4.09. The number of ether oxygens (including phenoxy) is 11. The second-order valence-electron chi connectivity index (χ2n) is 21.4. The first-order chi connectivity index (χ1) is 37.5. The molecule has 7 N–H and O–H groups in total. The summed E-state index contributed by atoms with van der Waals surface area (Å²) < 4.78 is 64.2. The van der Waals surface area contributed by atoms with Crippen LogP contribution in [0.1, 0.15) is 105 Å². The molecule has 0 spiro atoms. The van der Waals surface area contributed by atoms with Gasteiger partial charge < -0.3 is 83.2 Å². The fourth-order valence-electron chi connectivity index (χ4n) is 10.7. The minimum Gasteiger partial charge on any atom is -0.467 e. The second-order valence-corrected chi connectivity index (χ2v) is 21.4. The minimum absolute atomic E-state index is 0.204. The molecule has 0 saturated carbocycles. The number of methoxy groups -OCH3 is 4. The minimum atomic E-state index is -1.94. The molecule has 1 amide bonds. The zero-order valence-corrected chi connectivity index (χ0v) is 47.0. The molecule has 0 radical (unpaired) electrons. The second kappa shape index (κ2) is 30.5. The molecule has 1 aromatic heterocycles. The van der Waals surface area contributed by atoms with Crippen LogP contribution < -0.4 is 17.0 Å². The maximum absolute atomic E-state index is 14.9. The van der Waals surface area contributed by atoms with E-state index in [1.54, 1.807) is 13.8 Å². The molecule has 12 unspecified atom stereocenters. The molecule has 450 valence electrons. The number of nitrogens with two attached hydrogens (primary N) is 1. The van der Waals surface area contributed by atoms with Crippen LogP contribution in [0.25, 0.3) is 0 Å². The van der Waals surface area contributed by atoms with Crippen molar-refractivity contribution >= 4 is 29.8 Å². The van der Waals surface area contributed by atoms with Crippen LogP contribution in [0, 0.1) is 11.8 Å². The number of nitrogens with zero attached hydrogens (tertiary/aromatic N) is 3. The van der Waals surface area contributed by atoms with Crippen LogP contribution in [0.15, 0.2) is 21.9 Å². The molecule has 27 heteroatoms. The van der Waals surface area contributed by atoms with Gasteiger partial charge in [-0.25, -0.2) is 9.59 Å². The van der Waals surface area contributed by atoms with Crippen molar-refractivity contribution in [1.29, 1.82) is 0 Å². The largest absolute Gasteiger partial charge is 0.467 e. The van der Waals surface area contributed by atoms with Gasteiger partial charge in [0.15, 0.2) is 18.6 Å². The van der Waals surface area contributed by atoms with Gasteiger partial charge in [-0.05, 0) is 38.6 Å². The molecule has 19 atom stereocenters. The van der Waals surface area contributed by atoms with Gasteiger partial charge in [0.1, 0.15) is 79.3 Å². The molecule has 5 heterocycles. The molecule has 79 heavy (non-hydrogen) atoms. The predicted octanol–water partition coefficient (Wildman–Crippen LogP) is -1.000. The van der Waals surface area contributed by atoms with Gasteiger partial charge in [-0.15, -0.1) is 0 Å². The Morgan fingerprint density at radius 1 is 0.747 bits per heavy atom. The molecule has 27 nitrogen and oxygen atoms in total. The number of aromatic amines is 1. The summed E-state index contributed by atoms with van der Waals surface area (Å²) in [4.78, 5) is 98.7. The number of amides is 1. The molecular formula is C52H85N5O22. The molecule has 5 rings (SSSR count). The summed E-state index contributed by atoms with van der Waals surface area (Å²) in [5.74, 6) is -4.19. The standard InChI is InChI=1S/C52H85N5O22/c1-26(2)17-15-13-11-12-14-16-18-29(74-33(59)21-27(3)22-34(60)77-51-46(71-9)45(70-8)42(69-7)28(4)73-51)23-35(61)75-31-25-55(5)37(47(66)56(6)36(31)49(67)72-10)43(79-50-41(65)38(62)30(24-53)76-50)44-39(63)40(64)48(78-44)57-20-19-32(58)54-52(57)68/h19-20,26-31,36-46,48,50-51,62-65H,11-18,21-25,53H2,1-10H3,(H,54,58,68)/t27?,28?,29?,30-,31+,36?,37?,38-,39+,40-,41-,42?,43-,44?,45?,46?,48?,50?,51?/m1/s1. The maximum atomic E-state index is 14.9. The lowest BCUT2D eigenvalue weighted by molar-refractivity contribution is -0.297. The summed E-state index contributed by atoms with van der Waals surface area (Å²) in [5.41, 5.74) is 3.99. The van der Waals surface area contributed by atoms with E-state index in [2.05, 4.69) is 13.8 Å². The lowest BCUT2D eigenvalue weighted by Gasteiger charge is -2.43. The van der Waals surface area contributed by atoms with Crippen LogP contribution in [0.2, 0.25) is 0 Å². The number of hydrogen-bond donors (Lipinski definition) is 6. The van der Waals surface area contributed by atoms with Gasteiger partial charge in [0.2, 0.25) is 12.2 Å². The van der Waals surface area contributed by atoms with Crippen molar-refractivity contribution in [2.24, 2.45) is 17.6 Å². The third-order valence-electron chi connectivity index (χ3n) is 15.0. The van der Waals surface area contributed by atoms with Crippen LogP contribution in [-0.2, 0) is 76.1 Å². The van der Waals surface area contributed by atoms with E-state index in [0.29, 0.717) is 12.3 Å². The van der Waals surface area contributed by atoms with Crippen molar-refractivity contribution in [2.75, 3.05) is 55.6 Å². The summed E-state index contributed by atoms with van der Waals surface area (Å²) in [6.07, 6.45) is -14.4. The smallest absolute Gasteiger partial charge is 0.332 e. The van der Waals surface area contributed by atoms with E-state index in [-0.39, 0.29) is 25.8 Å². The van der Waals surface area contributed by atoms with Crippen LogP contribution in [0.4, 0.5) is 0 Å². The number of rotatable bonds is 28. The maximum Gasteiger partial charge on any atom is 0.332 e. The Kier molecular flexibility index (Phi) is 25.2. The fraction of sp³-hybridized carbons (Fsp3) is 0.827. The number of carbonyl (C=O) groups is 5. The van der Waals surface area contributed by atoms with Crippen molar-refractivity contribution < 1.29 is 96.5 Å². The first-order valence-electron chi connectivity index (χ1n) is 27.1. The highest BCUT2D eigenvalue weighted by Crippen LogP contribution is 2.37. The number of nitrogens with one attached hydrogen (secondary N) is 1. The summed E-state index contributed by atoms with van der Waals surface area (Å²) in [6.45, 7) is 7.07. The molecule has 4 fully saturated rings. The van der Waals surface area contributed by atoms with Crippen LogP contribution in [-0.4, -0.2) is 229 Å². The Bertz CT molecular complexity index is 2250. The first-order valence-corrected chi connectivity index (χ1v) is 27.1. The van der Waals surface area contributed by atoms with Crippen molar-refractivity contribution in [3.63, 3.8) is 0 Å². The summed E-state index contributed by atoms with van der Waals surface area (Å²) >= 11 is 0. The van der Waals surface area contributed by atoms with Gasteiger partial charge >= 0.3 is 29.6 Å². The number of carbonyl (C=O) groups excluding carboxylic acids is 5. The Labute approximate surface area is 459 Å². The SMILES string of the molecule is COC(=O)C1[C@@H](OC(=O)CC(CCCCCCCCC(C)C)OC(=O)CC(C)CC(=O)OC2OC(C)C(OC)C(OC)C2OC)CN(C)C([C@@H](OC2O[C@H](CN)[C@@H](O)[C@H]2O)C2OC(n3ccc(=O)[nH]c3=O)[C@H](O)[C@@H]2O)C(=O)N1C. The molecular weight excluding hydrogens is 1050 g/mol. The van der Waals surface area contributed by atoms with Gasteiger partial charge in [-0.2, -0.15) is 0 Å². The van der Waals surface area contributed by atoms with E-state index in [1.165, 1.54) is 40.3 Å². The Morgan fingerprint density at radius 3 is 1.96 bits per heavy atom. The molecule has 0 aromatic carbocycles. The van der Waals surface area contributed by atoms with E-state index in [1.807, 2.05) is 4.98 Å². The lowest BCUT2D eigenvalue weighted by atomic mass is 9.97. The van der Waals surface area contributed by atoms with Gasteiger partial charge in [0, 0.05) is 66.6 Å². The number of unbranched alkanes of at least 4 members (excludes halogenated alkanes) is 5. The highest BCUT2D eigenvalue weighted by molar-refractivity contribution is 5.89. The number of aliphatic hydroxyl groups is 4.